The lowest BCUT2D eigenvalue weighted by Gasteiger charge is -1.99. The number of hydrogen-bond acceptors (Lipinski definition) is 2. The Bertz CT molecular complexity index is 654. The molecule has 2 aromatic carbocycles. The van der Waals surface area contributed by atoms with Gasteiger partial charge in [0.05, 0.1) is 20.5 Å². The third kappa shape index (κ3) is 3.34. The Balaban J connectivity index is 2.32. The van der Waals surface area contributed by atoms with Gasteiger partial charge in [-0.1, -0.05) is 47.5 Å². The molecule has 19 heavy (non-hydrogen) atoms. The van der Waals surface area contributed by atoms with E-state index in [9.17, 15) is 10.1 Å². The molecule has 0 heterocycles. The van der Waals surface area contributed by atoms with Crippen LogP contribution in [0.1, 0.15) is 11.1 Å². The van der Waals surface area contributed by atoms with Crippen molar-refractivity contribution in [3.8, 4) is 0 Å². The number of nitro groups is 1. The van der Waals surface area contributed by atoms with E-state index in [0.717, 1.165) is 5.56 Å². The second-order valence-electron chi connectivity index (χ2n) is 3.82. The van der Waals surface area contributed by atoms with E-state index >= 15 is 0 Å². The number of benzene rings is 2. The molecule has 0 radical (unpaired) electrons. The molecule has 0 unspecified atom stereocenters. The van der Waals surface area contributed by atoms with Crippen LogP contribution in [-0.4, -0.2) is 4.92 Å². The van der Waals surface area contributed by atoms with Gasteiger partial charge in [-0.25, -0.2) is 0 Å². The van der Waals surface area contributed by atoms with Crippen LogP contribution in [0.5, 0.6) is 0 Å². The topological polar surface area (TPSA) is 43.1 Å². The molecule has 0 spiro atoms. The lowest BCUT2D eigenvalue weighted by molar-refractivity contribution is -0.385. The molecule has 0 aromatic heterocycles. The number of rotatable bonds is 3. The first-order valence-electron chi connectivity index (χ1n) is 5.44. The summed E-state index contributed by atoms with van der Waals surface area (Å²) in [6.07, 6.45) is 3.43. The number of halogens is 2. The van der Waals surface area contributed by atoms with E-state index in [1.165, 1.54) is 6.07 Å². The maximum Gasteiger partial charge on any atom is 0.276 e. The van der Waals surface area contributed by atoms with Crippen LogP contribution in [0.3, 0.4) is 0 Å². The molecule has 96 valence electrons. The van der Waals surface area contributed by atoms with Crippen LogP contribution in [0.2, 0.25) is 10.0 Å². The molecule has 3 nitrogen and oxygen atoms in total. The van der Waals surface area contributed by atoms with Crippen LogP contribution in [0, 0.1) is 10.1 Å². The molecule has 2 aromatic rings. The molecule has 0 atom stereocenters. The van der Waals surface area contributed by atoms with Gasteiger partial charge >= 0.3 is 0 Å². The second kappa shape index (κ2) is 5.87. The highest BCUT2D eigenvalue weighted by atomic mass is 35.5. The summed E-state index contributed by atoms with van der Waals surface area (Å²) in [6, 6.07) is 11.7. The molecular weight excluding hydrogens is 285 g/mol. The summed E-state index contributed by atoms with van der Waals surface area (Å²) in [5, 5.41) is 11.8. The average molecular weight is 294 g/mol. The molecular formula is C14H9Cl2NO2. The first kappa shape index (κ1) is 13.6. The molecule has 0 fully saturated rings. The van der Waals surface area contributed by atoms with Gasteiger partial charge in [0.2, 0.25) is 0 Å². The zero-order valence-electron chi connectivity index (χ0n) is 9.72. The Kier molecular flexibility index (Phi) is 4.20. The fraction of sp³-hybridized carbons (Fsp3) is 0. The number of para-hydroxylation sites is 1. The Hall–Kier alpha value is -1.84. The van der Waals surface area contributed by atoms with Crippen LogP contribution >= 0.6 is 23.2 Å². The van der Waals surface area contributed by atoms with Crippen molar-refractivity contribution in [3.63, 3.8) is 0 Å². The van der Waals surface area contributed by atoms with Crippen molar-refractivity contribution in [2.75, 3.05) is 0 Å². The lowest BCUT2D eigenvalue weighted by Crippen LogP contribution is -1.90. The predicted molar refractivity (Wildman–Crippen MR) is 78.5 cm³/mol. The van der Waals surface area contributed by atoms with Crippen LogP contribution in [0.25, 0.3) is 12.2 Å². The summed E-state index contributed by atoms with van der Waals surface area (Å²) in [6.45, 7) is 0. The molecule has 2 rings (SSSR count). The Labute approximate surface area is 120 Å². The van der Waals surface area contributed by atoms with Crippen molar-refractivity contribution < 1.29 is 4.92 Å². The summed E-state index contributed by atoms with van der Waals surface area (Å²) >= 11 is 11.7. The monoisotopic (exact) mass is 293 g/mol. The van der Waals surface area contributed by atoms with E-state index in [1.54, 1.807) is 48.6 Å². The molecule has 0 aliphatic rings. The maximum atomic E-state index is 10.9. The molecule has 0 aliphatic carbocycles. The van der Waals surface area contributed by atoms with E-state index < -0.39 is 4.92 Å². The summed E-state index contributed by atoms with van der Waals surface area (Å²) in [4.78, 5) is 10.5. The van der Waals surface area contributed by atoms with E-state index in [4.69, 9.17) is 23.2 Å². The highest BCUT2D eigenvalue weighted by Gasteiger charge is 2.09. The van der Waals surface area contributed by atoms with Crippen molar-refractivity contribution in [3.05, 3.63) is 73.8 Å². The standard InChI is InChI=1S/C14H9Cl2NO2/c15-12-8-6-10(9-13(12)16)5-7-11-3-1-2-4-14(11)17(18)19/h1-9H. The van der Waals surface area contributed by atoms with Gasteiger partial charge in [-0.15, -0.1) is 0 Å². The Morgan fingerprint density at radius 1 is 1.00 bits per heavy atom. The van der Waals surface area contributed by atoms with Crippen molar-refractivity contribution in [2.45, 2.75) is 0 Å². The fourth-order valence-electron chi connectivity index (χ4n) is 1.60. The van der Waals surface area contributed by atoms with E-state index in [0.29, 0.717) is 15.6 Å². The van der Waals surface area contributed by atoms with Gasteiger partial charge in [0.15, 0.2) is 0 Å². The van der Waals surface area contributed by atoms with Gasteiger partial charge in [0.25, 0.3) is 5.69 Å². The normalized spacial score (nSPS) is 10.8. The van der Waals surface area contributed by atoms with Gasteiger partial charge in [-0.3, -0.25) is 10.1 Å². The van der Waals surface area contributed by atoms with Gasteiger partial charge in [-0.2, -0.15) is 0 Å². The summed E-state index contributed by atoms with van der Waals surface area (Å²) in [5.74, 6) is 0. The van der Waals surface area contributed by atoms with Crippen molar-refractivity contribution in [1.29, 1.82) is 0 Å². The first-order valence-corrected chi connectivity index (χ1v) is 6.20. The second-order valence-corrected chi connectivity index (χ2v) is 4.64. The number of nitrogens with zero attached hydrogens (tertiary/aromatic N) is 1. The quantitative estimate of drug-likeness (QED) is 0.450. The van der Waals surface area contributed by atoms with Crippen molar-refractivity contribution in [1.82, 2.24) is 0 Å². The zero-order valence-corrected chi connectivity index (χ0v) is 11.2. The van der Waals surface area contributed by atoms with Crippen molar-refractivity contribution >= 4 is 41.0 Å². The van der Waals surface area contributed by atoms with Crippen molar-refractivity contribution in [2.24, 2.45) is 0 Å². The van der Waals surface area contributed by atoms with Crippen LogP contribution in [-0.2, 0) is 0 Å². The summed E-state index contributed by atoms with van der Waals surface area (Å²) in [5.41, 5.74) is 1.44. The van der Waals surface area contributed by atoms with Crippen LogP contribution in [0.15, 0.2) is 42.5 Å². The third-order valence-corrected chi connectivity index (χ3v) is 3.27. The number of nitro benzene ring substituents is 1. The molecule has 0 saturated heterocycles. The maximum absolute atomic E-state index is 10.9. The van der Waals surface area contributed by atoms with Crippen LogP contribution < -0.4 is 0 Å². The largest absolute Gasteiger partial charge is 0.276 e. The lowest BCUT2D eigenvalue weighted by atomic mass is 10.1. The first-order chi connectivity index (χ1) is 9.08. The molecule has 0 N–H and O–H groups in total. The van der Waals surface area contributed by atoms with Gasteiger partial charge < -0.3 is 0 Å². The average Bonchev–Trinajstić information content (AvgIpc) is 2.40. The van der Waals surface area contributed by atoms with Gasteiger partial charge in [0, 0.05) is 6.07 Å². The van der Waals surface area contributed by atoms with Crippen LogP contribution in [0.4, 0.5) is 5.69 Å². The van der Waals surface area contributed by atoms with E-state index in [1.807, 2.05) is 0 Å². The minimum atomic E-state index is -0.408. The highest BCUT2D eigenvalue weighted by Crippen LogP contribution is 2.25. The molecule has 0 amide bonds. The Morgan fingerprint density at radius 2 is 1.74 bits per heavy atom. The van der Waals surface area contributed by atoms with Gasteiger partial charge in [0.1, 0.15) is 0 Å². The molecule has 0 aliphatic heterocycles. The smallest absolute Gasteiger partial charge is 0.258 e. The SMILES string of the molecule is O=[N+]([O-])c1ccccc1C=Cc1ccc(Cl)c(Cl)c1. The minimum Gasteiger partial charge on any atom is -0.258 e. The summed E-state index contributed by atoms with van der Waals surface area (Å²) in [7, 11) is 0. The highest BCUT2D eigenvalue weighted by molar-refractivity contribution is 6.42. The molecule has 0 saturated carbocycles. The number of hydrogen-bond donors (Lipinski definition) is 0. The van der Waals surface area contributed by atoms with Gasteiger partial charge in [-0.05, 0) is 29.8 Å². The zero-order chi connectivity index (χ0) is 13.8. The van der Waals surface area contributed by atoms with E-state index in [-0.39, 0.29) is 5.69 Å². The molecule has 5 heteroatoms. The van der Waals surface area contributed by atoms with E-state index in [2.05, 4.69) is 0 Å². The summed E-state index contributed by atoms with van der Waals surface area (Å²) < 4.78 is 0. The minimum absolute atomic E-state index is 0.0683. The predicted octanol–water partition coefficient (Wildman–Crippen LogP) is 5.07. The fourth-order valence-corrected chi connectivity index (χ4v) is 1.90. The third-order valence-electron chi connectivity index (χ3n) is 2.53. The molecule has 0 bridgehead atoms. The Morgan fingerprint density at radius 3 is 2.42 bits per heavy atom.